The number of benzene rings is 1. The maximum absolute atomic E-state index is 12.2. The van der Waals surface area contributed by atoms with Gasteiger partial charge in [-0.05, 0) is 47.0 Å². The lowest BCUT2D eigenvalue weighted by atomic mass is 10.2. The van der Waals surface area contributed by atoms with E-state index in [1.165, 1.54) is 12.1 Å². The molecule has 2 N–H and O–H groups in total. The van der Waals surface area contributed by atoms with Crippen molar-refractivity contribution < 1.29 is 18.3 Å². The molecule has 0 fully saturated rings. The Morgan fingerprint density at radius 2 is 1.95 bits per heavy atom. The smallest absolute Gasteiger partial charge is 0.335 e. The van der Waals surface area contributed by atoms with Gasteiger partial charge in [-0.15, -0.1) is 0 Å². The van der Waals surface area contributed by atoms with Gasteiger partial charge >= 0.3 is 5.97 Å². The summed E-state index contributed by atoms with van der Waals surface area (Å²) in [6, 6.07) is 3.76. The summed E-state index contributed by atoms with van der Waals surface area (Å²) in [7, 11) is -3.73. The first-order valence-electron chi connectivity index (χ1n) is 5.60. The molecule has 0 unspecified atom stereocenters. The Morgan fingerprint density at radius 1 is 1.32 bits per heavy atom. The first-order valence-corrected chi connectivity index (χ1v) is 7.88. The number of carboxylic acid groups (broad SMARTS) is 1. The van der Waals surface area contributed by atoms with E-state index in [2.05, 4.69) is 20.7 Å². The molecule has 1 aromatic rings. The third-order valence-electron chi connectivity index (χ3n) is 2.80. The number of aromatic carboxylic acids is 1. The van der Waals surface area contributed by atoms with Gasteiger partial charge in [-0.25, -0.2) is 17.9 Å². The van der Waals surface area contributed by atoms with Crippen molar-refractivity contribution in [3.63, 3.8) is 0 Å². The Kier molecular flexibility index (Phi) is 4.07. The highest BCUT2D eigenvalue weighted by Gasteiger charge is 2.23. The fourth-order valence-electron chi connectivity index (χ4n) is 1.84. The highest BCUT2D eigenvalue weighted by atomic mass is 79.9. The van der Waals surface area contributed by atoms with Crippen LogP contribution in [0.2, 0.25) is 0 Å². The molecule has 102 valence electrons. The minimum Gasteiger partial charge on any atom is -0.478 e. The molecule has 0 atom stereocenters. The maximum atomic E-state index is 12.2. The van der Waals surface area contributed by atoms with Crippen molar-refractivity contribution in [2.75, 3.05) is 0 Å². The topological polar surface area (TPSA) is 83.5 Å². The zero-order chi connectivity index (χ0) is 14.0. The molecule has 0 saturated carbocycles. The van der Waals surface area contributed by atoms with Crippen LogP contribution in [0.25, 0.3) is 0 Å². The third kappa shape index (κ3) is 3.23. The van der Waals surface area contributed by atoms with Crippen molar-refractivity contribution in [2.24, 2.45) is 0 Å². The van der Waals surface area contributed by atoms with E-state index in [4.69, 9.17) is 5.11 Å². The number of hydrogen-bond acceptors (Lipinski definition) is 3. The quantitative estimate of drug-likeness (QED) is 0.819. The Morgan fingerprint density at radius 3 is 2.53 bits per heavy atom. The molecule has 0 bridgehead atoms. The standard InChI is InChI=1S/C12H12BrNO4S/c13-10-6-5-8(12(15)16)7-11(10)19(17,18)14-9-3-1-2-4-9/h1-2,5-7,9,14H,3-4H2,(H,15,16). The van der Waals surface area contributed by atoms with Crippen LogP contribution < -0.4 is 4.72 Å². The van der Waals surface area contributed by atoms with Crippen LogP contribution in [0.1, 0.15) is 23.2 Å². The molecule has 0 amide bonds. The molecular weight excluding hydrogens is 334 g/mol. The summed E-state index contributed by atoms with van der Waals surface area (Å²) in [6.07, 6.45) is 5.12. The molecule has 0 saturated heterocycles. The van der Waals surface area contributed by atoms with Crippen molar-refractivity contribution in [1.82, 2.24) is 4.72 Å². The van der Waals surface area contributed by atoms with Gasteiger partial charge in [0.05, 0.1) is 10.5 Å². The number of hydrogen-bond donors (Lipinski definition) is 2. The largest absolute Gasteiger partial charge is 0.478 e. The number of carboxylic acids is 1. The zero-order valence-electron chi connectivity index (χ0n) is 9.84. The minimum atomic E-state index is -3.73. The summed E-state index contributed by atoms with van der Waals surface area (Å²) in [5.74, 6) is -1.16. The van der Waals surface area contributed by atoms with Crippen molar-refractivity contribution in [3.05, 3.63) is 40.4 Å². The molecule has 2 rings (SSSR count). The van der Waals surface area contributed by atoms with E-state index < -0.39 is 16.0 Å². The Labute approximate surface area is 119 Å². The molecule has 0 aliphatic heterocycles. The lowest BCUT2D eigenvalue weighted by molar-refractivity contribution is 0.0696. The second kappa shape index (κ2) is 5.44. The van der Waals surface area contributed by atoms with Crippen LogP contribution >= 0.6 is 15.9 Å². The van der Waals surface area contributed by atoms with Gasteiger partial charge < -0.3 is 5.11 Å². The van der Waals surface area contributed by atoms with E-state index >= 15 is 0 Å². The van der Waals surface area contributed by atoms with Crippen LogP contribution in [0.3, 0.4) is 0 Å². The highest BCUT2D eigenvalue weighted by Crippen LogP contribution is 2.24. The van der Waals surface area contributed by atoms with Crippen LogP contribution in [0.5, 0.6) is 0 Å². The minimum absolute atomic E-state index is 0.0562. The Balaban J connectivity index is 2.33. The van der Waals surface area contributed by atoms with Crippen molar-refractivity contribution in [1.29, 1.82) is 0 Å². The number of rotatable bonds is 4. The summed E-state index contributed by atoms with van der Waals surface area (Å²) in [6.45, 7) is 0. The van der Waals surface area contributed by atoms with Crippen molar-refractivity contribution in [3.8, 4) is 0 Å². The second-order valence-electron chi connectivity index (χ2n) is 4.21. The second-order valence-corrected chi connectivity index (χ2v) is 6.75. The van der Waals surface area contributed by atoms with E-state index in [0.717, 1.165) is 6.07 Å². The third-order valence-corrected chi connectivity index (χ3v) is 5.31. The van der Waals surface area contributed by atoms with Gasteiger partial charge in [-0.2, -0.15) is 0 Å². The molecular formula is C12H12BrNO4S. The van der Waals surface area contributed by atoms with Crippen LogP contribution in [-0.2, 0) is 10.0 Å². The first-order chi connectivity index (χ1) is 8.90. The van der Waals surface area contributed by atoms with Gasteiger partial charge in [0.15, 0.2) is 0 Å². The van der Waals surface area contributed by atoms with Gasteiger partial charge in [0.25, 0.3) is 0 Å². The number of halogens is 1. The number of carbonyl (C=O) groups is 1. The van der Waals surface area contributed by atoms with Crippen LogP contribution in [0.15, 0.2) is 39.7 Å². The fraction of sp³-hybridized carbons (Fsp3) is 0.250. The Hall–Kier alpha value is -1.18. The zero-order valence-corrected chi connectivity index (χ0v) is 12.2. The summed E-state index contributed by atoms with van der Waals surface area (Å²) >= 11 is 3.14. The van der Waals surface area contributed by atoms with Crippen molar-refractivity contribution >= 4 is 31.9 Å². The summed E-state index contributed by atoms with van der Waals surface area (Å²) < 4.78 is 27.4. The van der Waals surface area contributed by atoms with Crippen LogP contribution in [-0.4, -0.2) is 25.5 Å². The van der Waals surface area contributed by atoms with E-state index in [1.54, 1.807) is 0 Å². The van der Waals surface area contributed by atoms with E-state index in [0.29, 0.717) is 17.3 Å². The normalized spacial score (nSPS) is 15.8. The predicted molar refractivity (Wildman–Crippen MR) is 73.6 cm³/mol. The summed E-state index contributed by atoms with van der Waals surface area (Å²) in [5.41, 5.74) is -0.0619. The lowest BCUT2D eigenvalue weighted by Gasteiger charge is -2.14. The summed E-state index contributed by atoms with van der Waals surface area (Å²) in [5, 5.41) is 8.91. The van der Waals surface area contributed by atoms with E-state index in [9.17, 15) is 13.2 Å². The van der Waals surface area contributed by atoms with E-state index in [1.807, 2.05) is 12.2 Å². The molecule has 0 aromatic heterocycles. The lowest BCUT2D eigenvalue weighted by Crippen LogP contribution is -2.33. The predicted octanol–water partition coefficient (Wildman–Crippen LogP) is 2.14. The highest BCUT2D eigenvalue weighted by molar-refractivity contribution is 9.10. The molecule has 19 heavy (non-hydrogen) atoms. The van der Waals surface area contributed by atoms with Crippen LogP contribution in [0.4, 0.5) is 0 Å². The molecule has 5 nitrogen and oxygen atoms in total. The first kappa shape index (κ1) is 14.2. The molecule has 1 aliphatic carbocycles. The molecule has 0 spiro atoms. The molecule has 7 heteroatoms. The van der Waals surface area contributed by atoms with Gasteiger partial charge in [0.2, 0.25) is 10.0 Å². The van der Waals surface area contributed by atoms with Crippen LogP contribution in [0, 0.1) is 0 Å². The van der Waals surface area contributed by atoms with Gasteiger partial charge in [-0.1, -0.05) is 12.2 Å². The Bertz CT molecular complexity index is 631. The molecule has 0 heterocycles. The van der Waals surface area contributed by atoms with Gasteiger partial charge in [0, 0.05) is 10.5 Å². The molecule has 1 aromatic carbocycles. The van der Waals surface area contributed by atoms with Gasteiger partial charge in [-0.3, -0.25) is 0 Å². The van der Waals surface area contributed by atoms with E-state index in [-0.39, 0.29) is 16.5 Å². The monoisotopic (exact) mass is 345 g/mol. The van der Waals surface area contributed by atoms with Gasteiger partial charge in [0.1, 0.15) is 0 Å². The maximum Gasteiger partial charge on any atom is 0.335 e. The SMILES string of the molecule is O=C(O)c1ccc(Br)c(S(=O)(=O)NC2CC=CC2)c1. The number of sulfonamides is 1. The average Bonchev–Trinajstić information content (AvgIpc) is 2.81. The summed E-state index contributed by atoms with van der Waals surface area (Å²) in [4.78, 5) is 10.8. The molecule has 0 radical (unpaired) electrons. The van der Waals surface area contributed by atoms with Crippen molar-refractivity contribution in [2.45, 2.75) is 23.8 Å². The fourth-order valence-corrected chi connectivity index (χ4v) is 4.09. The number of nitrogens with one attached hydrogen (secondary N) is 1. The average molecular weight is 346 g/mol. The molecule has 1 aliphatic rings.